The average molecular weight is 621 g/mol. The Kier molecular flexibility index (Phi) is 8.91. The molecule has 0 radical (unpaired) electrons. The molecule has 1 aliphatic heterocycles. The van der Waals surface area contributed by atoms with Crippen molar-refractivity contribution in [3.8, 4) is 5.75 Å². The molecule has 9 nitrogen and oxygen atoms in total. The summed E-state index contributed by atoms with van der Waals surface area (Å²) >= 11 is 0. The minimum Gasteiger partial charge on any atom is -0.497 e. The van der Waals surface area contributed by atoms with Crippen LogP contribution in [0.2, 0.25) is 0 Å². The van der Waals surface area contributed by atoms with E-state index in [1.54, 1.807) is 37.4 Å². The fourth-order valence-corrected chi connectivity index (χ4v) is 5.91. The van der Waals surface area contributed by atoms with Gasteiger partial charge in [0.2, 0.25) is 0 Å². The highest BCUT2D eigenvalue weighted by atomic mass is 19.1. The number of benzene rings is 4. The number of hydrogen-bond donors (Lipinski definition) is 2. The third-order valence-corrected chi connectivity index (χ3v) is 8.16. The summed E-state index contributed by atoms with van der Waals surface area (Å²) in [6.07, 6.45) is -2.82. The van der Waals surface area contributed by atoms with Gasteiger partial charge in [-0.05, 0) is 47.0 Å². The molecule has 1 fully saturated rings. The maximum absolute atomic E-state index is 16.9. The largest absolute Gasteiger partial charge is 0.497 e. The van der Waals surface area contributed by atoms with E-state index in [-0.39, 0.29) is 12.4 Å². The van der Waals surface area contributed by atoms with E-state index in [2.05, 4.69) is 10.3 Å². The zero-order chi connectivity index (χ0) is 32.1. The number of nitrogens with zero attached hydrogens (tertiary/aromatic N) is 2. The first-order chi connectivity index (χ1) is 22.4. The molecule has 6 rings (SSSR count). The molecule has 0 spiro atoms. The Hall–Kier alpha value is -5.32. The van der Waals surface area contributed by atoms with Crippen molar-refractivity contribution in [2.75, 3.05) is 19.5 Å². The molecular formula is C36H33FN4O5. The van der Waals surface area contributed by atoms with E-state index in [4.69, 9.17) is 19.9 Å². The van der Waals surface area contributed by atoms with Crippen molar-refractivity contribution in [3.63, 3.8) is 0 Å². The number of carbonyl (C=O) groups is 1. The number of nitrogen functional groups attached to an aromatic ring is 1. The van der Waals surface area contributed by atoms with Crippen LogP contribution in [0.1, 0.15) is 33.3 Å². The summed E-state index contributed by atoms with van der Waals surface area (Å²) in [6, 6.07) is 35.7. The zero-order valence-corrected chi connectivity index (χ0v) is 25.0. The normalized spacial score (nSPS) is 19.4. The zero-order valence-electron chi connectivity index (χ0n) is 25.0. The second-order valence-electron chi connectivity index (χ2n) is 10.9. The lowest BCUT2D eigenvalue weighted by atomic mass is 9.76. The van der Waals surface area contributed by atoms with Gasteiger partial charge in [-0.3, -0.25) is 9.88 Å². The lowest BCUT2D eigenvalue weighted by molar-refractivity contribution is -0.0476. The highest BCUT2D eigenvalue weighted by molar-refractivity contribution is 5.89. The Morgan fingerprint density at radius 2 is 1.46 bits per heavy atom. The van der Waals surface area contributed by atoms with Crippen molar-refractivity contribution in [1.29, 1.82) is 0 Å². The smallest absolute Gasteiger partial charge is 0.351 e. The van der Waals surface area contributed by atoms with Crippen molar-refractivity contribution in [2.24, 2.45) is 0 Å². The van der Waals surface area contributed by atoms with Crippen LogP contribution in [0.4, 0.5) is 10.2 Å². The standard InChI is InChI=1S/C36H33FN4O5/c1-44-28-19-17-27(18-20-28)36(25-13-7-3-8-14-25,26-15-9-4-10-16-26)40-32-29(23-45-34(42)24-11-5-2-6-12-24)46-33(31(32)37)41-22-21-30(38)39-35(41)43/h2-22,29,31-33,40H,23H2,1H3,(H2,38,39,43)/t29-,31-,32-,33-/m1/s1. The Labute approximate surface area is 265 Å². The van der Waals surface area contributed by atoms with Crippen molar-refractivity contribution >= 4 is 11.8 Å². The monoisotopic (exact) mass is 620 g/mol. The third kappa shape index (κ3) is 6.00. The highest BCUT2D eigenvalue weighted by Crippen LogP contribution is 2.41. The Morgan fingerprint density at radius 3 is 2.02 bits per heavy atom. The fraction of sp³-hybridized carbons (Fsp3) is 0.194. The van der Waals surface area contributed by atoms with Crippen LogP contribution in [-0.4, -0.2) is 47.6 Å². The summed E-state index contributed by atoms with van der Waals surface area (Å²) < 4.78 is 35.3. The number of nitrogens with two attached hydrogens (primary N) is 1. The molecule has 46 heavy (non-hydrogen) atoms. The molecule has 4 atom stereocenters. The van der Waals surface area contributed by atoms with Gasteiger partial charge in [0.15, 0.2) is 12.4 Å². The fourth-order valence-electron chi connectivity index (χ4n) is 5.91. The van der Waals surface area contributed by atoms with Crippen LogP contribution < -0.4 is 21.5 Å². The van der Waals surface area contributed by atoms with Crippen LogP contribution in [0.25, 0.3) is 0 Å². The van der Waals surface area contributed by atoms with Crippen molar-refractivity contribution in [1.82, 2.24) is 14.9 Å². The van der Waals surface area contributed by atoms with Gasteiger partial charge in [0.25, 0.3) is 0 Å². The van der Waals surface area contributed by atoms with Crippen molar-refractivity contribution in [2.45, 2.75) is 30.1 Å². The van der Waals surface area contributed by atoms with Gasteiger partial charge >= 0.3 is 11.7 Å². The molecule has 0 bridgehead atoms. The maximum Gasteiger partial charge on any atom is 0.351 e. The number of rotatable bonds is 10. The first kappa shape index (κ1) is 30.7. The quantitative estimate of drug-likeness (QED) is 0.168. The van der Waals surface area contributed by atoms with Crippen LogP contribution in [0.3, 0.4) is 0 Å². The molecule has 0 aliphatic carbocycles. The number of hydrogen-bond acceptors (Lipinski definition) is 8. The van der Waals surface area contributed by atoms with E-state index < -0.39 is 41.7 Å². The summed E-state index contributed by atoms with van der Waals surface area (Å²) in [4.78, 5) is 29.6. The lowest BCUT2D eigenvalue weighted by Gasteiger charge is -2.40. The molecule has 0 unspecified atom stereocenters. The molecule has 4 aromatic carbocycles. The number of nitrogens with one attached hydrogen (secondary N) is 1. The summed E-state index contributed by atoms with van der Waals surface area (Å²) in [5.74, 6) is 0.0809. The van der Waals surface area contributed by atoms with E-state index in [9.17, 15) is 9.59 Å². The minimum atomic E-state index is -1.78. The van der Waals surface area contributed by atoms with E-state index in [0.717, 1.165) is 21.3 Å². The average Bonchev–Trinajstić information content (AvgIpc) is 3.41. The second kappa shape index (κ2) is 13.4. The number of methoxy groups -OCH3 is 1. The van der Waals surface area contributed by atoms with Gasteiger partial charge in [-0.2, -0.15) is 4.98 Å². The minimum absolute atomic E-state index is 0.00403. The SMILES string of the molecule is COc1ccc(C(N[C@H]2[C@@H](F)[C@H](n3ccc(N)nc3=O)O[C@@H]2COC(=O)c2ccccc2)(c2ccccc2)c2ccccc2)cc1. The number of esters is 1. The van der Waals surface area contributed by atoms with E-state index in [1.165, 1.54) is 12.3 Å². The van der Waals surface area contributed by atoms with Gasteiger partial charge in [-0.15, -0.1) is 0 Å². The van der Waals surface area contributed by atoms with Crippen LogP contribution in [-0.2, 0) is 15.0 Å². The van der Waals surface area contributed by atoms with Crippen LogP contribution in [0, 0.1) is 0 Å². The number of carbonyl (C=O) groups excluding carboxylic acids is 1. The van der Waals surface area contributed by atoms with E-state index >= 15 is 4.39 Å². The Balaban J connectivity index is 1.46. The number of aromatic nitrogens is 2. The summed E-state index contributed by atoms with van der Waals surface area (Å²) in [5, 5.41) is 3.62. The number of alkyl halides is 1. The van der Waals surface area contributed by atoms with Crippen LogP contribution >= 0.6 is 0 Å². The summed E-state index contributed by atoms with van der Waals surface area (Å²) in [5.41, 5.74) is 6.63. The van der Waals surface area contributed by atoms with Gasteiger partial charge in [0, 0.05) is 6.20 Å². The first-order valence-corrected chi connectivity index (χ1v) is 14.8. The Bertz CT molecular complexity index is 1780. The Morgan fingerprint density at radius 1 is 0.891 bits per heavy atom. The maximum atomic E-state index is 16.9. The highest BCUT2D eigenvalue weighted by Gasteiger charge is 2.51. The van der Waals surface area contributed by atoms with Crippen LogP contribution in [0.15, 0.2) is 132 Å². The predicted octanol–water partition coefficient (Wildman–Crippen LogP) is 4.88. The molecule has 0 amide bonds. The molecule has 5 aromatic rings. The van der Waals surface area contributed by atoms with Crippen LogP contribution in [0.5, 0.6) is 5.75 Å². The molecule has 3 N–H and O–H groups in total. The summed E-state index contributed by atoms with van der Waals surface area (Å²) in [6.45, 7) is -0.290. The number of anilines is 1. The van der Waals surface area contributed by atoms with E-state index in [0.29, 0.717) is 11.3 Å². The molecule has 0 saturated carbocycles. The third-order valence-electron chi connectivity index (χ3n) is 8.16. The molecule has 234 valence electrons. The summed E-state index contributed by atoms with van der Waals surface area (Å²) in [7, 11) is 1.59. The predicted molar refractivity (Wildman–Crippen MR) is 171 cm³/mol. The van der Waals surface area contributed by atoms with Gasteiger partial charge in [-0.25, -0.2) is 14.0 Å². The van der Waals surface area contributed by atoms with Gasteiger partial charge in [0.1, 0.15) is 24.3 Å². The van der Waals surface area contributed by atoms with E-state index in [1.807, 2.05) is 84.9 Å². The number of ether oxygens (including phenoxy) is 3. The molecule has 1 aromatic heterocycles. The van der Waals surface area contributed by atoms with Gasteiger partial charge < -0.3 is 19.9 Å². The molecular weight excluding hydrogens is 587 g/mol. The topological polar surface area (TPSA) is 118 Å². The van der Waals surface area contributed by atoms with Gasteiger partial charge in [-0.1, -0.05) is 91.0 Å². The number of halogens is 1. The van der Waals surface area contributed by atoms with Gasteiger partial charge in [0.05, 0.1) is 24.3 Å². The molecule has 1 saturated heterocycles. The second-order valence-corrected chi connectivity index (χ2v) is 10.9. The molecule has 10 heteroatoms. The van der Waals surface area contributed by atoms with Crippen molar-refractivity contribution < 1.29 is 23.4 Å². The molecule has 2 heterocycles. The van der Waals surface area contributed by atoms with Crippen molar-refractivity contribution in [3.05, 3.63) is 160 Å². The lowest BCUT2D eigenvalue weighted by Crippen LogP contribution is -2.56. The first-order valence-electron chi connectivity index (χ1n) is 14.8. The molecule has 1 aliphatic rings.